The molecule has 1 aromatic heterocycles. The van der Waals surface area contributed by atoms with Crippen LogP contribution in [0.15, 0.2) is 54.6 Å². The fraction of sp³-hybridized carbons (Fsp3) is 0.118. The smallest absolute Gasteiger partial charge is 0.267 e. The summed E-state index contributed by atoms with van der Waals surface area (Å²) < 4.78 is 1.65. The molecule has 0 spiro atoms. The van der Waals surface area contributed by atoms with Crippen LogP contribution in [0.2, 0.25) is 0 Å². The Hall–Kier alpha value is -2.73. The lowest BCUT2D eigenvalue weighted by molar-refractivity contribution is 0.0960. The largest absolute Gasteiger partial charge is 0.350 e. The van der Waals surface area contributed by atoms with Gasteiger partial charge in [-0.1, -0.05) is 48.0 Å². The molecule has 0 aliphatic rings. The van der Waals surface area contributed by atoms with Gasteiger partial charge in [0.25, 0.3) is 5.91 Å². The third kappa shape index (κ3) is 3.37. The molecule has 1 heterocycles. The zero-order valence-electron chi connectivity index (χ0n) is 12.6. The highest BCUT2D eigenvalue weighted by Crippen LogP contribution is 2.12. The fourth-order valence-corrected chi connectivity index (χ4v) is 2.42. The van der Waals surface area contributed by atoms with Gasteiger partial charge in [-0.2, -0.15) is 0 Å². The molecule has 0 aliphatic heterocycles. The number of carbonyl (C=O) groups excluding carboxylic acids is 1. The van der Waals surface area contributed by atoms with Gasteiger partial charge in [0.05, 0.1) is 0 Å². The second kappa shape index (κ2) is 6.58. The van der Waals surface area contributed by atoms with Crippen LogP contribution in [0.3, 0.4) is 0 Å². The van der Waals surface area contributed by atoms with Crippen molar-refractivity contribution in [3.63, 3.8) is 0 Å². The molecule has 0 aliphatic carbocycles. The molecule has 0 saturated heterocycles. The predicted molar refractivity (Wildman–Crippen MR) is 92.1 cm³/mol. The van der Waals surface area contributed by atoms with Crippen molar-refractivity contribution in [3.8, 4) is 0 Å². The number of nitrogens with one attached hydrogen (secondary N) is 2. The Bertz CT molecular complexity index is 866. The molecule has 0 radical (unpaired) electrons. The van der Waals surface area contributed by atoms with Gasteiger partial charge < -0.3 is 5.32 Å². The first-order valence-corrected chi connectivity index (χ1v) is 7.62. The number of benzene rings is 2. The molecule has 3 rings (SSSR count). The number of rotatable bonds is 4. The molecule has 0 fully saturated rings. The summed E-state index contributed by atoms with van der Waals surface area (Å²) in [4.78, 5) is 12.7. The van der Waals surface area contributed by atoms with Crippen LogP contribution in [0.25, 0.3) is 0 Å². The van der Waals surface area contributed by atoms with Crippen molar-refractivity contribution in [1.29, 1.82) is 0 Å². The van der Waals surface area contributed by atoms with Crippen molar-refractivity contribution in [1.82, 2.24) is 14.8 Å². The van der Waals surface area contributed by atoms with Crippen molar-refractivity contribution in [3.05, 3.63) is 76.1 Å². The highest BCUT2D eigenvalue weighted by Gasteiger charge is 2.15. The molecule has 0 unspecified atom stereocenters. The number of H-pyrrole nitrogens is 1. The SMILES string of the molecule is Cc1ccc(C(=O)n2c(NCc3ccccc3)n[nH]c2=S)cc1. The van der Waals surface area contributed by atoms with Crippen LogP contribution in [0, 0.1) is 11.7 Å². The van der Waals surface area contributed by atoms with Gasteiger partial charge in [0.15, 0.2) is 0 Å². The van der Waals surface area contributed by atoms with E-state index in [-0.39, 0.29) is 10.7 Å². The number of carbonyl (C=O) groups is 1. The number of aromatic nitrogens is 3. The van der Waals surface area contributed by atoms with Crippen LogP contribution < -0.4 is 5.32 Å². The Kier molecular flexibility index (Phi) is 4.34. The molecular weight excluding hydrogens is 308 g/mol. The third-order valence-electron chi connectivity index (χ3n) is 3.47. The fourth-order valence-electron chi connectivity index (χ4n) is 2.21. The maximum atomic E-state index is 12.7. The predicted octanol–water partition coefficient (Wildman–Crippen LogP) is 3.55. The molecule has 0 amide bonds. The van der Waals surface area contributed by atoms with Crippen LogP contribution in [0.5, 0.6) is 0 Å². The normalized spacial score (nSPS) is 10.5. The molecule has 6 heteroatoms. The third-order valence-corrected chi connectivity index (χ3v) is 3.74. The monoisotopic (exact) mass is 324 g/mol. The van der Waals surface area contributed by atoms with E-state index in [0.717, 1.165) is 11.1 Å². The van der Waals surface area contributed by atoms with Gasteiger partial charge >= 0.3 is 0 Å². The Morgan fingerprint density at radius 3 is 2.57 bits per heavy atom. The minimum absolute atomic E-state index is 0.209. The van der Waals surface area contributed by atoms with E-state index in [1.807, 2.05) is 49.4 Å². The van der Waals surface area contributed by atoms with Crippen LogP contribution in [0.4, 0.5) is 5.95 Å². The zero-order chi connectivity index (χ0) is 16.2. The number of aryl methyl sites for hydroxylation is 1. The minimum atomic E-state index is -0.209. The Morgan fingerprint density at radius 2 is 1.87 bits per heavy atom. The zero-order valence-corrected chi connectivity index (χ0v) is 13.4. The van der Waals surface area contributed by atoms with Crippen molar-refractivity contribution in [2.75, 3.05) is 5.32 Å². The maximum absolute atomic E-state index is 12.7. The van der Waals surface area contributed by atoms with Gasteiger partial charge in [-0.3, -0.25) is 4.79 Å². The van der Waals surface area contributed by atoms with Gasteiger partial charge in [0, 0.05) is 12.1 Å². The lowest BCUT2D eigenvalue weighted by Gasteiger charge is -2.08. The van der Waals surface area contributed by atoms with E-state index in [2.05, 4.69) is 15.5 Å². The summed E-state index contributed by atoms with van der Waals surface area (Å²) in [6.45, 7) is 2.53. The maximum Gasteiger partial charge on any atom is 0.267 e. The molecule has 116 valence electrons. The first-order chi connectivity index (χ1) is 11.1. The average molecular weight is 324 g/mol. The van der Waals surface area contributed by atoms with E-state index in [1.54, 1.807) is 12.1 Å². The minimum Gasteiger partial charge on any atom is -0.350 e. The van der Waals surface area contributed by atoms with Crippen molar-refractivity contribution < 1.29 is 4.79 Å². The molecule has 2 N–H and O–H groups in total. The van der Waals surface area contributed by atoms with Crippen LogP contribution in [0.1, 0.15) is 21.5 Å². The highest BCUT2D eigenvalue weighted by atomic mass is 32.1. The van der Waals surface area contributed by atoms with Crippen LogP contribution in [-0.4, -0.2) is 20.7 Å². The van der Waals surface area contributed by atoms with E-state index >= 15 is 0 Å². The summed E-state index contributed by atoms with van der Waals surface area (Å²) in [6.07, 6.45) is 0. The molecular formula is C17H16N4OS. The van der Waals surface area contributed by atoms with Gasteiger partial charge in [0.1, 0.15) is 0 Å². The number of hydrogen-bond donors (Lipinski definition) is 2. The quantitative estimate of drug-likeness (QED) is 0.721. The van der Waals surface area contributed by atoms with Crippen LogP contribution in [-0.2, 0) is 6.54 Å². The lowest BCUT2D eigenvalue weighted by Crippen LogP contribution is -2.16. The van der Waals surface area contributed by atoms with Gasteiger partial charge in [0.2, 0.25) is 10.7 Å². The molecule has 3 aromatic rings. The molecule has 5 nitrogen and oxygen atoms in total. The second-order valence-corrected chi connectivity index (χ2v) is 5.58. The Balaban J connectivity index is 1.85. The summed E-state index contributed by atoms with van der Waals surface area (Å²) in [5.41, 5.74) is 2.76. The summed E-state index contributed by atoms with van der Waals surface area (Å²) in [6, 6.07) is 17.3. The summed E-state index contributed by atoms with van der Waals surface area (Å²) in [5, 5.41) is 9.92. The number of hydrogen-bond acceptors (Lipinski definition) is 4. The van der Waals surface area contributed by atoms with E-state index in [9.17, 15) is 4.79 Å². The standard InChI is InChI=1S/C17H16N4OS/c1-12-7-9-14(10-8-12)15(22)21-16(19-20-17(21)23)18-11-13-5-3-2-4-6-13/h2-10H,11H2,1H3,(H,18,19)(H,20,23). The Morgan fingerprint density at radius 1 is 1.17 bits per heavy atom. The van der Waals surface area contributed by atoms with Gasteiger partial charge in [-0.05, 0) is 36.8 Å². The van der Waals surface area contributed by atoms with Crippen LogP contribution >= 0.6 is 12.2 Å². The summed E-state index contributed by atoms with van der Waals surface area (Å²) in [7, 11) is 0. The van der Waals surface area contributed by atoms with Crippen molar-refractivity contribution >= 4 is 24.1 Å². The molecule has 2 aromatic carbocycles. The first kappa shape index (κ1) is 15.2. The number of aromatic amines is 1. The highest BCUT2D eigenvalue weighted by molar-refractivity contribution is 7.71. The van der Waals surface area contributed by atoms with E-state index in [4.69, 9.17) is 12.2 Å². The van der Waals surface area contributed by atoms with E-state index in [1.165, 1.54) is 4.57 Å². The van der Waals surface area contributed by atoms with Crippen molar-refractivity contribution in [2.24, 2.45) is 0 Å². The van der Waals surface area contributed by atoms with E-state index < -0.39 is 0 Å². The number of anilines is 1. The summed E-state index contributed by atoms with van der Waals surface area (Å²) >= 11 is 5.19. The van der Waals surface area contributed by atoms with Gasteiger partial charge in [-0.15, -0.1) is 5.10 Å². The molecule has 0 saturated carbocycles. The van der Waals surface area contributed by atoms with Crippen molar-refractivity contribution in [2.45, 2.75) is 13.5 Å². The average Bonchev–Trinajstić information content (AvgIpc) is 2.95. The van der Waals surface area contributed by atoms with Gasteiger partial charge in [-0.25, -0.2) is 9.67 Å². The topological polar surface area (TPSA) is 62.7 Å². The number of nitrogens with zero attached hydrogens (tertiary/aromatic N) is 2. The molecule has 0 bridgehead atoms. The molecule has 0 atom stereocenters. The van der Waals surface area contributed by atoms with E-state index in [0.29, 0.717) is 18.1 Å². The lowest BCUT2D eigenvalue weighted by atomic mass is 10.1. The summed E-state index contributed by atoms with van der Waals surface area (Å²) in [5.74, 6) is 0.198. The molecule has 23 heavy (non-hydrogen) atoms. The Labute approximate surface area is 139 Å². The first-order valence-electron chi connectivity index (χ1n) is 7.22. The second-order valence-electron chi connectivity index (χ2n) is 5.20.